The molecule has 0 saturated heterocycles. The van der Waals surface area contributed by atoms with Gasteiger partial charge in [-0.05, 0) is 52.1 Å². The molecule has 0 saturated carbocycles. The summed E-state index contributed by atoms with van der Waals surface area (Å²) in [4.78, 5) is 15.4. The smallest absolute Gasteiger partial charge is 0.277 e. The summed E-state index contributed by atoms with van der Waals surface area (Å²) >= 11 is 1.67. The second-order valence-corrected chi connectivity index (χ2v) is 8.71. The largest absolute Gasteiger partial charge is 0.496 e. The summed E-state index contributed by atoms with van der Waals surface area (Å²) in [5.74, 6) is 0.864. The van der Waals surface area contributed by atoms with Crippen LogP contribution in [0.2, 0.25) is 0 Å². The zero-order valence-electron chi connectivity index (χ0n) is 17.6. The number of nitrogens with zero attached hydrogens (tertiary/aromatic N) is 2. The van der Waals surface area contributed by atoms with Gasteiger partial charge in [0.2, 0.25) is 0 Å². The van der Waals surface area contributed by atoms with Gasteiger partial charge in [0.05, 0.1) is 18.8 Å². The maximum Gasteiger partial charge on any atom is 0.277 e. The molecular formula is C25H23N3O2S. The fourth-order valence-corrected chi connectivity index (χ4v) is 4.97. The third-order valence-corrected chi connectivity index (χ3v) is 6.46. The molecule has 0 bridgehead atoms. The number of hydrogen-bond acceptors (Lipinski definition) is 4. The lowest BCUT2D eigenvalue weighted by Crippen LogP contribution is -2.29. The highest BCUT2D eigenvalue weighted by atomic mass is 32.1. The number of aromatic nitrogens is 2. The number of rotatable bonds is 5. The van der Waals surface area contributed by atoms with Gasteiger partial charge in [-0.15, -0.1) is 0 Å². The standard InChI is InChI=1S/C25H23N3O2S/c1-15(2)22-21-23(27-26-22)25(29)28(24(21)19-6-4-5-7-20(19)30-3)18-10-8-16(9-11-18)17-12-13-31-14-17/h4-15,24H,1-3H3,(H,26,27). The molecule has 6 heteroatoms. The Morgan fingerprint density at radius 1 is 1.06 bits per heavy atom. The third-order valence-electron chi connectivity index (χ3n) is 5.78. The number of carbonyl (C=O) groups excluding carboxylic acids is 1. The number of hydrogen-bond donors (Lipinski definition) is 1. The van der Waals surface area contributed by atoms with Crippen LogP contribution in [0.5, 0.6) is 5.75 Å². The van der Waals surface area contributed by atoms with Crippen LogP contribution in [0.25, 0.3) is 11.1 Å². The van der Waals surface area contributed by atoms with Gasteiger partial charge < -0.3 is 4.74 Å². The van der Waals surface area contributed by atoms with Crippen molar-refractivity contribution in [2.24, 2.45) is 0 Å². The van der Waals surface area contributed by atoms with Crippen LogP contribution in [0.4, 0.5) is 5.69 Å². The summed E-state index contributed by atoms with van der Waals surface area (Å²) in [5.41, 5.74) is 6.52. The van der Waals surface area contributed by atoms with Crippen molar-refractivity contribution in [3.05, 3.63) is 87.9 Å². The fourth-order valence-electron chi connectivity index (χ4n) is 4.31. The quantitative estimate of drug-likeness (QED) is 0.422. The zero-order valence-corrected chi connectivity index (χ0v) is 18.4. The monoisotopic (exact) mass is 429 g/mol. The number of fused-ring (bicyclic) bond motifs is 1. The van der Waals surface area contributed by atoms with E-state index in [4.69, 9.17) is 4.74 Å². The first-order valence-electron chi connectivity index (χ1n) is 10.3. The van der Waals surface area contributed by atoms with E-state index in [-0.39, 0.29) is 17.9 Å². The molecule has 1 amide bonds. The average molecular weight is 430 g/mol. The molecule has 0 aliphatic carbocycles. The number of benzene rings is 2. The first-order valence-corrected chi connectivity index (χ1v) is 11.2. The zero-order chi connectivity index (χ0) is 21.5. The molecule has 1 aliphatic rings. The Kier molecular flexibility index (Phi) is 4.87. The number of H-pyrrole nitrogens is 1. The first-order chi connectivity index (χ1) is 15.1. The van der Waals surface area contributed by atoms with E-state index in [9.17, 15) is 4.79 Å². The number of aromatic amines is 1. The van der Waals surface area contributed by atoms with E-state index >= 15 is 0 Å². The lowest BCUT2D eigenvalue weighted by molar-refractivity contribution is 0.0988. The van der Waals surface area contributed by atoms with E-state index in [0.29, 0.717) is 5.69 Å². The number of carbonyl (C=O) groups is 1. The molecule has 0 spiro atoms. The SMILES string of the molecule is COc1ccccc1C1c2c(C(C)C)n[nH]c2C(=O)N1c1ccc(-c2ccsc2)cc1. The van der Waals surface area contributed by atoms with Gasteiger partial charge in [0.15, 0.2) is 0 Å². The van der Waals surface area contributed by atoms with Crippen LogP contribution in [0.3, 0.4) is 0 Å². The van der Waals surface area contributed by atoms with Crippen LogP contribution in [0.15, 0.2) is 65.4 Å². The lowest BCUT2D eigenvalue weighted by Gasteiger charge is -2.28. The molecule has 5 nitrogen and oxygen atoms in total. The molecule has 1 atom stereocenters. The molecule has 0 fully saturated rings. The van der Waals surface area contributed by atoms with Gasteiger partial charge in [-0.25, -0.2) is 0 Å². The minimum atomic E-state index is -0.304. The van der Waals surface area contributed by atoms with Gasteiger partial charge in [-0.3, -0.25) is 14.8 Å². The van der Waals surface area contributed by atoms with E-state index in [2.05, 4.69) is 53.0 Å². The van der Waals surface area contributed by atoms with E-state index in [1.165, 1.54) is 5.56 Å². The highest BCUT2D eigenvalue weighted by Crippen LogP contribution is 2.46. The normalized spacial score (nSPS) is 15.5. The Hall–Kier alpha value is -3.38. The number of anilines is 1. The number of para-hydroxylation sites is 1. The van der Waals surface area contributed by atoms with Gasteiger partial charge >= 0.3 is 0 Å². The van der Waals surface area contributed by atoms with Crippen molar-refractivity contribution in [3.8, 4) is 16.9 Å². The molecule has 2 aromatic heterocycles. The van der Waals surface area contributed by atoms with Crippen LogP contribution in [-0.2, 0) is 0 Å². The van der Waals surface area contributed by atoms with Crippen molar-refractivity contribution >= 4 is 22.9 Å². The highest BCUT2D eigenvalue weighted by Gasteiger charge is 2.44. The molecule has 31 heavy (non-hydrogen) atoms. The van der Waals surface area contributed by atoms with Crippen molar-refractivity contribution in [2.45, 2.75) is 25.8 Å². The Bertz CT molecular complexity index is 1230. The van der Waals surface area contributed by atoms with Crippen molar-refractivity contribution in [1.82, 2.24) is 10.2 Å². The topological polar surface area (TPSA) is 58.2 Å². The van der Waals surface area contributed by atoms with E-state index < -0.39 is 0 Å². The van der Waals surface area contributed by atoms with Gasteiger partial charge in [0.1, 0.15) is 11.4 Å². The van der Waals surface area contributed by atoms with E-state index in [1.807, 2.05) is 41.3 Å². The molecule has 0 radical (unpaired) electrons. The van der Waals surface area contributed by atoms with Gasteiger partial charge in [0.25, 0.3) is 5.91 Å². The predicted octanol–water partition coefficient (Wildman–Crippen LogP) is 6.02. The van der Waals surface area contributed by atoms with Crippen molar-refractivity contribution in [3.63, 3.8) is 0 Å². The number of ether oxygens (including phenoxy) is 1. The second-order valence-electron chi connectivity index (χ2n) is 7.93. The molecule has 156 valence electrons. The summed E-state index contributed by atoms with van der Waals surface area (Å²) in [6.45, 7) is 4.19. The molecule has 1 N–H and O–H groups in total. The summed E-state index contributed by atoms with van der Waals surface area (Å²) in [5, 5.41) is 11.7. The molecule has 2 aromatic carbocycles. The molecule has 3 heterocycles. The highest BCUT2D eigenvalue weighted by molar-refractivity contribution is 7.08. The van der Waals surface area contributed by atoms with Crippen LogP contribution < -0.4 is 9.64 Å². The molecule has 1 unspecified atom stereocenters. The van der Waals surface area contributed by atoms with Gasteiger partial charge in [0, 0.05) is 16.8 Å². The minimum absolute atomic E-state index is 0.0754. The van der Waals surface area contributed by atoms with Gasteiger partial charge in [-0.2, -0.15) is 16.4 Å². The van der Waals surface area contributed by atoms with Crippen molar-refractivity contribution < 1.29 is 9.53 Å². The first kappa shape index (κ1) is 19.6. The molecule has 5 rings (SSSR count). The van der Waals surface area contributed by atoms with E-state index in [0.717, 1.165) is 33.8 Å². The summed E-state index contributed by atoms with van der Waals surface area (Å²) in [6.07, 6.45) is 0. The Balaban J connectivity index is 1.66. The number of amides is 1. The third kappa shape index (κ3) is 3.15. The van der Waals surface area contributed by atoms with Crippen LogP contribution in [-0.4, -0.2) is 23.2 Å². The minimum Gasteiger partial charge on any atom is -0.496 e. The molecule has 1 aliphatic heterocycles. The Morgan fingerprint density at radius 3 is 2.52 bits per heavy atom. The van der Waals surface area contributed by atoms with Crippen LogP contribution in [0.1, 0.15) is 53.1 Å². The number of thiophene rings is 1. The maximum atomic E-state index is 13.5. The number of methoxy groups -OCH3 is 1. The summed E-state index contributed by atoms with van der Waals surface area (Å²) < 4.78 is 5.67. The van der Waals surface area contributed by atoms with E-state index in [1.54, 1.807) is 18.4 Å². The lowest BCUT2D eigenvalue weighted by atomic mass is 9.94. The molecule has 4 aromatic rings. The summed E-state index contributed by atoms with van der Waals surface area (Å²) in [7, 11) is 1.66. The summed E-state index contributed by atoms with van der Waals surface area (Å²) in [6, 6.07) is 17.8. The second kappa shape index (κ2) is 7.71. The Labute approximate surface area is 185 Å². The number of nitrogens with one attached hydrogen (secondary N) is 1. The average Bonchev–Trinajstić information content (AvgIpc) is 3.52. The Morgan fingerprint density at radius 2 is 1.84 bits per heavy atom. The predicted molar refractivity (Wildman–Crippen MR) is 124 cm³/mol. The van der Waals surface area contributed by atoms with Crippen molar-refractivity contribution in [2.75, 3.05) is 12.0 Å². The van der Waals surface area contributed by atoms with Crippen LogP contribution >= 0.6 is 11.3 Å². The van der Waals surface area contributed by atoms with Crippen molar-refractivity contribution in [1.29, 1.82) is 0 Å². The maximum absolute atomic E-state index is 13.5. The van der Waals surface area contributed by atoms with Gasteiger partial charge in [-0.1, -0.05) is 44.2 Å². The van der Waals surface area contributed by atoms with Crippen LogP contribution in [0, 0.1) is 0 Å². The molecular weight excluding hydrogens is 406 g/mol. The fraction of sp³-hybridized carbons (Fsp3) is 0.200.